The first-order valence-corrected chi connectivity index (χ1v) is 15.1. The number of benzene rings is 3. The van der Waals surface area contributed by atoms with Crippen LogP contribution in [0.4, 0.5) is 5.69 Å². The van der Waals surface area contributed by atoms with Gasteiger partial charge in [0.05, 0.1) is 24.8 Å². The number of anilines is 1. The van der Waals surface area contributed by atoms with Gasteiger partial charge in [0.1, 0.15) is 12.6 Å². The van der Waals surface area contributed by atoms with Crippen LogP contribution in [-0.2, 0) is 26.2 Å². The lowest BCUT2D eigenvalue weighted by Gasteiger charge is -2.32. The average Bonchev–Trinajstić information content (AvgIpc) is 2.98. The van der Waals surface area contributed by atoms with E-state index in [9.17, 15) is 18.0 Å². The van der Waals surface area contributed by atoms with Gasteiger partial charge in [0.2, 0.25) is 11.8 Å². The third kappa shape index (κ3) is 8.14. The highest BCUT2D eigenvalue weighted by molar-refractivity contribution is 7.92. The molecule has 3 aromatic carbocycles. The van der Waals surface area contributed by atoms with Crippen LogP contribution in [0.3, 0.4) is 0 Å². The molecule has 41 heavy (non-hydrogen) atoms. The van der Waals surface area contributed by atoms with Crippen LogP contribution in [0.2, 0.25) is 5.02 Å². The van der Waals surface area contributed by atoms with E-state index < -0.39 is 28.5 Å². The van der Waals surface area contributed by atoms with E-state index in [-0.39, 0.29) is 23.1 Å². The standard InChI is InChI=1S/C30H36ClN3O6S/c1-5-6-17-32-30(36)22(2)33(20-23-11-10-12-24(31)18-23)29(35)21-34(25-13-8-7-9-14-25)41(37,38)26-15-16-27(39-3)28(19-26)40-4/h7-16,18-19,22H,5-6,17,20-21H2,1-4H3,(H,32,36)/t22-/m0/s1. The zero-order valence-electron chi connectivity index (χ0n) is 23.7. The summed E-state index contributed by atoms with van der Waals surface area (Å²) >= 11 is 6.18. The Labute approximate surface area is 247 Å². The van der Waals surface area contributed by atoms with Crippen LogP contribution in [0, 0.1) is 0 Å². The highest BCUT2D eigenvalue weighted by atomic mass is 35.5. The minimum atomic E-state index is -4.25. The normalized spacial score (nSPS) is 11.8. The van der Waals surface area contributed by atoms with Gasteiger partial charge in [-0.15, -0.1) is 0 Å². The lowest BCUT2D eigenvalue weighted by atomic mass is 10.1. The molecule has 0 spiro atoms. The monoisotopic (exact) mass is 601 g/mol. The van der Waals surface area contributed by atoms with Crippen molar-refractivity contribution >= 4 is 39.1 Å². The number of unbranched alkanes of at least 4 members (excludes halogenated alkanes) is 1. The average molecular weight is 602 g/mol. The molecule has 0 aromatic heterocycles. The van der Waals surface area contributed by atoms with Crippen molar-refractivity contribution in [3.8, 4) is 11.5 Å². The van der Waals surface area contributed by atoms with Crippen LogP contribution in [0.15, 0.2) is 77.7 Å². The van der Waals surface area contributed by atoms with E-state index in [2.05, 4.69) is 5.32 Å². The predicted molar refractivity (Wildman–Crippen MR) is 160 cm³/mol. The van der Waals surface area contributed by atoms with Gasteiger partial charge in [-0.05, 0) is 55.3 Å². The molecular weight excluding hydrogens is 566 g/mol. The van der Waals surface area contributed by atoms with Gasteiger partial charge in [-0.1, -0.05) is 55.3 Å². The number of rotatable bonds is 14. The van der Waals surface area contributed by atoms with E-state index in [0.29, 0.717) is 28.6 Å². The first-order valence-electron chi connectivity index (χ1n) is 13.2. The number of carbonyl (C=O) groups excluding carboxylic acids is 2. The number of hydrogen-bond donors (Lipinski definition) is 1. The fraction of sp³-hybridized carbons (Fsp3) is 0.333. The largest absolute Gasteiger partial charge is 0.493 e. The van der Waals surface area contributed by atoms with Crippen LogP contribution in [-0.4, -0.2) is 58.5 Å². The topological polar surface area (TPSA) is 105 Å². The van der Waals surface area contributed by atoms with E-state index in [1.54, 1.807) is 61.5 Å². The van der Waals surface area contributed by atoms with Crippen molar-refractivity contribution in [3.63, 3.8) is 0 Å². The maximum atomic E-state index is 14.0. The third-order valence-corrected chi connectivity index (χ3v) is 8.51. The number of carbonyl (C=O) groups is 2. The SMILES string of the molecule is CCCCNC(=O)[C@H](C)N(Cc1cccc(Cl)c1)C(=O)CN(c1ccccc1)S(=O)(=O)c1ccc(OC)c(OC)c1. The summed E-state index contributed by atoms with van der Waals surface area (Å²) < 4.78 is 39.6. The van der Waals surface area contributed by atoms with Crippen molar-refractivity contribution in [2.24, 2.45) is 0 Å². The number of nitrogens with one attached hydrogen (secondary N) is 1. The number of sulfonamides is 1. The van der Waals surface area contributed by atoms with Crippen LogP contribution in [0.25, 0.3) is 0 Å². The Balaban J connectivity index is 2.01. The van der Waals surface area contributed by atoms with Crippen molar-refractivity contribution in [1.82, 2.24) is 10.2 Å². The Morgan fingerprint density at radius 2 is 1.66 bits per heavy atom. The van der Waals surface area contributed by atoms with Crippen molar-refractivity contribution in [2.45, 2.75) is 44.2 Å². The van der Waals surface area contributed by atoms with E-state index in [1.165, 1.54) is 37.3 Å². The molecule has 0 aliphatic rings. The Morgan fingerprint density at radius 3 is 2.29 bits per heavy atom. The van der Waals surface area contributed by atoms with Gasteiger partial charge in [0, 0.05) is 24.2 Å². The molecule has 0 radical (unpaired) electrons. The number of amides is 2. The van der Waals surface area contributed by atoms with Gasteiger partial charge >= 0.3 is 0 Å². The zero-order chi connectivity index (χ0) is 30.0. The second-order valence-corrected chi connectivity index (χ2v) is 11.6. The van der Waals surface area contributed by atoms with Gasteiger partial charge in [0.15, 0.2) is 11.5 Å². The molecule has 1 atom stereocenters. The molecule has 0 aliphatic heterocycles. The molecule has 0 fully saturated rings. The van der Waals surface area contributed by atoms with Crippen molar-refractivity contribution in [3.05, 3.63) is 83.4 Å². The Morgan fingerprint density at radius 1 is 0.951 bits per heavy atom. The molecule has 0 saturated heterocycles. The summed E-state index contributed by atoms with van der Waals surface area (Å²) in [4.78, 5) is 28.3. The van der Waals surface area contributed by atoms with Crippen molar-refractivity contribution < 1.29 is 27.5 Å². The van der Waals surface area contributed by atoms with Gasteiger partial charge in [-0.2, -0.15) is 0 Å². The number of nitrogens with zero attached hydrogens (tertiary/aromatic N) is 2. The van der Waals surface area contributed by atoms with Crippen LogP contribution in [0.1, 0.15) is 32.3 Å². The highest BCUT2D eigenvalue weighted by Gasteiger charge is 2.33. The number of ether oxygens (including phenoxy) is 2. The van der Waals surface area contributed by atoms with E-state index in [0.717, 1.165) is 17.1 Å². The lowest BCUT2D eigenvalue weighted by molar-refractivity contribution is -0.139. The fourth-order valence-corrected chi connectivity index (χ4v) is 5.82. The van der Waals surface area contributed by atoms with Crippen molar-refractivity contribution in [1.29, 1.82) is 0 Å². The lowest BCUT2D eigenvalue weighted by Crippen LogP contribution is -2.51. The van der Waals surface area contributed by atoms with E-state index >= 15 is 0 Å². The van der Waals surface area contributed by atoms with Gasteiger partial charge in [-0.3, -0.25) is 13.9 Å². The van der Waals surface area contributed by atoms with Gasteiger partial charge in [0.25, 0.3) is 10.0 Å². The molecular formula is C30H36ClN3O6S. The molecule has 0 aliphatic carbocycles. The van der Waals surface area contributed by atoms with E-state index in [1.807, 2.05) is 6.92 Å². The molecule has 2 amide bonds. The summed E-state index contributed by atoms with van der Waals surface area (Å²) in [5.74, 6) is -0.295. The predicted octanol–water partition coefficient (Wildman–Crippen LogP) is 4.89. The molecule has 11 heteroatoms. The third-order valence-electron chi connectivity index (χ3n) is 6.50. The first-order chi connectivity index (χ1) is 19.6. The second-order valence-electron chi connectivity index (χ2n) is 9.34. The van der Waals surface area contributed by atoms with Crippen molar-refractivity contribution in [2.75, 3.05) is 31.6 Å². The highest BCUT2D eigenvalue weighted by Crippen LogP contribution is 2.32. The summed E-state index contributed by atoms with van der Waals surface area (Å²) in [6, 6.07) is 18.7. The minimum absolute atomic E-state index is 0.0563. The molecule has 3 rings (SSSR count). The fourth-order valence-electron chi connectivity index (χ4n) is 4.18. The molecule has 9 nitrogen and oxygen atoms in total. The van der Waals surface area contributed by atoms with Gasteiger partial charge < -0.3 is 19.7 Å². The number of halogens is 1. The summed E-state index contributed by atoms with van der Waals surface area (Å²) in [5.41, 5.74) is 0.992. The zero-order valence-corrected chi connectivity index (χ0v) is 25.2. The Kier molecular flexibility index (Phi) is 11.4. The number of hydrogen-bond acceptors (Lipinski definition) is 6. The minimum Gasteiger partial charge on any atom is -0.493 e. The molecule has 3 aromatic rings. The maximum Gasteiger partial charge on any atom is 0.264 e. The van der Waals surface area contributed by atoms with Crippen LogP contribution in [0.5, 0.6) is 11.5 Å². The Hall–Kier alpha value is -3.76. The van der Waals surface area contributed by atoms with E-state index in [4.69, 9.17) is 21.1 Å². The van der Waals surface area contributed by atoms with Crippen LogP contribution < -0.4 is 19.1 Å². The summed E-state index contributed by atoms with van der Waals surface area (Å²) in [5, 5.41) is 3.35. The van der Waals surface area contributed by atoms with Gasteiger partial charge in [-0.25, -0.2) is 8.42 Å². The summed E-state index contributed by atoms with van der Waals surface area (Å²) in [6.45, 7) is 3.62. The molecule has 0 unspecified atom stereocenters. The number of methoxy groups -OCH3 is 2. The second kappa shape index (κ2) is 14.7. The number of para-hydroxylation sites is 1. The molecule has 1 N–H and O–H groups in total. The smallest absolute Gasteiger partial charge is 0.264 e. The molecule has 220 valence electrons. The van der Waals surface area contributed by atoms with Crippen LogP contribution >= 0.6 is 11.6 Å². The summed E-state index contributed by atoms with van der Waals surface area (Å²) in [7, 11) is -1.39. The Bertz CT molecular complexity index is 1440. The molecule has 0 saturated carbocycles. The summed E-state index contributed by atoms with van der Waals surface area (Å²) in [6.07, 6.45) is 1.70. The quantitative estimate of drug-likeness (QED) is 0.264. The molecule has 0 heterocycles. The maximum absolute atomic E-state index is 14.0. The molecule has 0 bridgehead atoms. The first kappa shape index (κ1) is 31.8.